The van der Waals surface area contributed by atoms with Crippen LogP contribution in [0.3, 0.4) is 0 Å². The van der Waals surface area contributed by atoms with Crippen molar-refractivity contribution in [3.05, 3.63) is 0 Å². The van der Waals surface area contributed by atoms with E-state index in [1.54, 1.807) is 19.1 Å². The molecule has 2 N–H and O–H groups in total. The van der Waals surface area contributed by atoms with Gasteiger partial charge in [0.25, 0.3) is 0 Å². The maximum Gasteiger partial charge on any atom is 0.239 e. The van der Waals surface area contributed by atoms with Gasteiger partial charge in [0.15, 0.2) is 0 Å². The summed E-state index contributed by atoms with van der Waals surface area (Å²) in [4.78, 5) is 13.5. The second-order valence-electron chi connectivity index (χ2n) is 3.81. The monoisotopic (exact) mass is 216 g/mol. The predicted octanol–water partition coefficient (Wildman–Crippen LogP) is -0.404. The lowest BCUT2D eigenvalue weighted by molar-refractivity contribution is -0.132. The molecule has 1 fully saturated rings. The van der Waals surface area contributed by atoms with Gasteiger partial charge in [-0.3, -0.25) is 4.79 Å². The molecule has 5 nitrogen and oxygen atoms in total. The molecule has 1 amide bonds. The molecule has 0 saturated carbocycles. The molecule has 1 saturated heterocycles. The number of carbonyl (C=O) groups is 1. The number of amides is 1. The molecule has 1 aliphatic heterocycles. The first-order chi connectivity index (χ1) is 7.13. The summed E-state index contributed by atoms with van der Waals surface area (Å²) in [5, 5.41) is 0. The number of carbonyl (C=O) groups excluding carboxylic acids is 1. The van der Waals surface area contributed by atoms with Crippen LogP contribution >= 0.6 is 0 Å². The maximum atomic E-state index is 11.8. The lowest BCUT2D eigenvalue weighted by Crippen LogP contribution is -2.42. The first-order valence-electron chi connectivity index (χ1n) is 5.24. The Hall–Kier alpha value is -0.650. The lowest BCUT2D eigenvalue weighted by Gasteiger charge is -2.19. The molecule has 0 aromatic heterocycles. The van der Waals surface area contributed by atoms with Crippen LogP contribution in [0.15, 0.2) is 0 Å². The highest BCUT2D eigenvalue weighted by atomic mass is 16.5. The molecular formula is C10H20N2O3. The molecule has 2 unspecified atom stereocenters. The number of ether oxygens (including phenoxy) is 2. The summed E-state index contributed by atoms with van der Waals surface area (Å²) in [7, 11) is 3.26. The topological polar surface area (TPSA) is 64.8 Å². The van der Waals surface area contributed by atoms with Crippen LogP contribution in [0, 0.1) is 0 Å². The van der Waals surface area contributed by atoms with Gasteiger partial charge in [-0.15, -0.1) is 0 Å². The third-order valence-electron chi connectivity index (χ3n) is 2.89. The first kappa shape index (κ1) is 12.4. The Kier molecular flexibility index (Phi) is 4.50. The van der Waals surface area contributed by atoms with E-state index >= 15 is 0 Å². The van der Waals surface area contributed by atoms with Crippen LogP contribution < -0.4 is 5.73 Å². The summed E-state index contributed by atoms with van der Waals surface area (Å²) in [5.41, 5.74) is 5.70. The minimum absolute atomic E-state index is 0.0147. The van der Waals surface area contributed by atoms with Crippen molar-refractivity contribution < 1.29 is 14.3 Å². The van der Waals surface area contributed by atoms with Gasteiger partial charge in [-0.2, -0.15) is 0 Å². The van der Waals surface area contributed by atoms with E-state index in [-0.39, 0.29) is 18.1 Å². The van der Waals surface area contributed by atoms with E-state index in [9.17, 15) is 4.79 Å². The zero-order chi connectivity index (χ0) is 11.4. The number of nitrogens with two attached hydrogens (primary N) is 1. The normalized spacial score (nSPS) is 28.1. The Balaban J connectivity index is 2.56. The van der Waals surface area contributed by atoms with Gasteiger partial charge in [-0.1, -0.05) is 6.92 Å². The van der Waals surface area contributed by atoms with E-state index in [4.69, 9.17) is 15.2 Å². The average Bonchev–Trinajstić information content (AvgIpc) is 2.69. The van der Waals surface area contributed by atoms with Crippen molar-refractivity contribution in [2.24, 2.45) is 5.73 Å². The highest BCUT2D eigenvalue weighted by Crippen LogP contribution is 2.16. The number of hydrogen-bond donors (Lipinski definition) is 1. The summed E-state index contributed by atoms with van der Waals surface area (Å²) in [6, 6.07) is -0.405. The number of hydrogen-bond acceptors (Lipinski definition) is 4. The minimum Gasteiger partial charge on any atom is -0.377 e. The standard InChI is InChI=1S/C10H20N2O3/c1-4-7(11)10(13)12-5-8(14-2)9(6-12)15-3/h7-9H,4-6,11H2,1-3H3/t7-,8?,9?/m1/s1. The van der Waals surface area contributed by atoms with Crippen LogP contribution in [0.2, 0.25) is 0 Å². The fourth-order valence-electron chi connectivity index (χ4n) is 1.79. The van der Waals surface area contributed by atoms with E-state index in [0.717, 1.165) is 0 Å². The van der Waals surface area contributed by atoms with Crippen molar-refractivity contribution in [2.45, 2.75) is 31.6 Å². The highest BCUT2D eigenvalue weighted by Gasteiger charge is 2.36. The molecule has 0 spiro atoms. The second-order valence-corrected chi connectivity index (χ2v) is 3.81. The van der Waals surface area contributed by atoms with Gasteiger partial charge in [0, 0.05) is 27.3 Å². The van der Waals surface area contributed by atoms with E-state index in [1.807, 2.05) is 6.92 Å². The Bertz CT molecular complexity index is 211. The minimum atomic E-state index is -0.405. The second kappa shape index (κ2) is 5.44. The third-order valence-corrected chi connectivity index (χ3v) is 2.89. The fourth-order valence-corrected chi connectivity index (χ4v) is 1.79. The predicted molar refractivity (Wildman–Crippen MR) is 56.4 cm³/mol. The van der Waals surface area contributed by atoms with Crippen molar-refractivity contribution in [2.75, 3.05) is 27.3 Å². The van der Waals surface area contributed by atoms with Gasteiger partial charge in [-0.25, -0.2) is 0 Å². The van der Waals surface area contributed by atoms with Crippen LogP contribution in [-0.4, -0.2) is 56.4 Å². The molecule has 1 heterocycles. The van der Waals surface area contributed by atoms with Gasteiger partial charge in [-0.05, 0) is 6.42 Å². The molecule has 1 aliphatic rings. The Morgan fingerprint density at radius 2 is 1.87 bits per heavy atom. The number of methoxy groups -OCH3 is 2. The molecular weight excluding hydrogens is 196 g/mol. The number of rotatable bonds is 4. The molecule has 88 valence electrons. The van der Waals surface area contributed by atoms with E-state index in [0.29, 0.717) is 19.5 Å². The highest BCUT2D eigenvalue weighted by molar-refractivity contribution is 5.82. The molecule has 0 radical (unpaired) electrons. The van der Waals surface area contributed by atoms with E-state index in [1.165, 1.54) is 0 Å². The Labute approximate surface area is 90.5 Å². The maximum absolute atomic E-state index is 11.8. The van der Waals surface area contributed by atoms with Gasteiger partial charge in [0.2, 0.25) is 5.91 Å². The van der Waals surface area contributed by atoms with Crippen LogP contribution in [-0.2, 0) is 14.3 Å². The summed E-state index contributed by atoms with van der Waals surface area (Å²) < 4.78 is 10.5. The molecule has 0 aromatic rings. The van der Waals surface area contributed by atoms with Crippen molar-refractivity contribution in [1.29, 1.82) is 0 Å². The van der Waals surface area contributed by atoms with Crippen LogP contribution in [0.1, 0.15) is 13.3 Å². The molecule has 15 heavy (non-hydrogen) atoms. The molecule has 0 aliphatic carbocycles. The summed E-state index contributed by atoms with van der Waals surface area (Å²) in [6.45, 7) is 3.04. The van der Waals surface area contributed by atoms with Crippen molar-refractivity contribution in [3.63, 3.8) is 0 Å². The van der Waals surface area contributed by atoms with Gasteiger partial charge in [0.05, 0.1) is 6.04 Å². The van der Waals surface area contributed by atoms with E-state index in [2.05, 4.69) is 0 Å². The van der Waals surface area contributed by atoms with Crippen LogP contribution in [0.4, 0.5) is 0 Å². The molecule has 0 aromatic carbocycles. The van der Waals surface area contributed by atoms with Crippen molar-refractivity contribution in [1.82, 2.24) is 4.90 Å². The van der Waals surface area contributed by atoms with Crippen LogP contribution in [0.5, 0.6) is 0 Å². The van der Waals surface area contributed by atoms with Crippen molar-refractivity contribution in [3.8, 4) is 0 Å². The largest absolute Gasteiger partial charge is 0.377 e. The van der Waals surface area contributed by atoms with Gasteiger partial charge in [0.1, 0.15) is 12.2 Å². The molecule has 0 bridgehead atoms. The van der Waals surface area contributed by atoms with Gasteiger partial charge >= 0.3 is 0 Å². The molecule has 3 atom stereocenters. The Morgan fingerprint density at radius 3 is 2.20 bits per heavy atom. The zero-order valence-corrected chi connectivity index (χ0v) is 9.60. The zero-order valence-electron chi connectivity index (χ0n) is 9.60. The Morgan fingerprint density at radius 1 is 1.40 bits per heavy atom. The SMILES string of the molecule is CC[C@@H](N)C(=O)N1CC(OC)C(OC)C1. The quantitative estimate of drug-likeness (QED) is 0.694. The summed E-state index contributed by atoms with van der Waals surface area (Å²) >= 11 is 0. The third kappa shape index (κ3) is 2.68. The first-order valence-corrected chi connectivity index (χ1v) is 5.24. The summed E-state index contributed by atoms with van der Waals surface area (Å²) in [5.74, 6) is -0.0147. The smallest absolute Gasteiger partial charge is 0.239 e. The van der Waals surface area contributed by atoms with E-state index < -0.39 is 6.04 Å². The van der Waals surface area contributed by atoms with Crippen LogP contribution in [0.25, 0.3) is 0 Å². The number of likely N-dealkylation sites (tertiary alicyclic amines) is 1. The summed E-state index contributed by atoms with van der Waals surface area (Å²) in [6.07, 6.45) is 0.580. The van der Waals surface area contributed by atoms with Crippen molar-refractivity contribution >= 4 is 5.91 Å². The average molecular weight is 216 g/mol. The molecule has 5 heteroatoms. The fraction of sp³-hybridized carbons (Fsp3) is 0.900. The molecule has 1 rings (SSSR count). The lowest BCUT2D eigenvalue weighted by atomic mass is 10.2. The number of nitrogens with zero attached hydrogens (tertiary/aromatic N) is 1. The van der Waals surface area contributed by atoms with Gasteiger partial charge < -0.3 is 20.1 Å².